The molecule has 0 saturated heterocycles. The van der Waals surface area contributed by atoms with Crippen LogP contribution in [0, 0.1) is 27.7 Å². The second-order valence-corrected chi connectivity index (χ2v) is 10.6. The Morgan fingerprint density at radius 2 is 1.05 bits per heavy atom. The van der Waals surface area contributed by atoms with Gasteiger partial charge in [0.1, 0.15) is 0 Å². The summed E-state index contributed by atoms with van der Waals surface area (Å²) in [6.45, 7) is 8.03. The molecule has 0 amide bonds. The maximum atomic E-state index is 12.7. The van der Waals surface area contributed by atoms with Gasteiger partial charge in [-0.2, -0.15) is 0 Å². The molecule has 0 unspecified atom stereocenters. The van der Waals surface area contributed by atoms with Crippen LogP contribution in [0.15, 0.2) is 36.4 Å². The summed E-state index contributed by atoms with van der Waals surface area (Å²) >= 11 is 12.4. The van der Waals surface area contributed by atoms with Crippen LogP contribution in [0.2, 0.25) is 0 Å². The monoisotopic (exact) mass is 340 g/mol. The van der Waals surface area contributed by atoms with Crippen LogP contribution < -0.4 is 0 Å². The van der Waals surface area contributed by atoms with Gasteiger partial charge in [-0.15, -0.1) is 0 Å². The van der Waals surface area contributed by atoms with Gasteiger partial charge in [0, 0.05) is 0 Å². The Balaban J connectivity index is 2.81. The van der Waals surface area contributed by atoms with Crippen molar-refractivity contribution in [3.63, 3.8) is 0 Å². The Morgan fingerprint density at radius 1 is 0.762 bits per heavy atom. The average molecular weight is 341 g/mol. The Morgan fingerprint density at radius 3 is 1.29 bits per heavy atom. The van der Waals surface area contributed by atoms with E-state index in [-0.39, 0.29) is 0 Å². The first-order valence-electron chi connectivity index (χ1n) is 6.84. The van der Waals surface area contributed by atoms with Crippen LogP contribution in [-0.4, -0.2) is 0 Å². The standard InChI is InChI=1S/C17H19Cl2OP/c1-11-7-5-8-12(2)15(11)17(21(18,19)20)16-13(3)9-6-10-14(16)4/h5-10,17H,1-4H3. The van der Waals surface area contributed by atoms with Gasteiger partial charge in [0.05, 0.1) is 5.66 Å². The minimum absolute atomic E-state index is 0.483. The Hall–Kier alpha value is -0.750. The maximum absolute atomic E-state index is 12.7. The zero-order valence-corrected chi connectivity index (χ0v) is 15.1. The van der Waals surface area contributed by atoms with Crippen molar-refractivity contribution in [1.29, 1.82) is 0 Å². The van der Waals surface area contributed by atoms with E-state index in [1.807, 2.05) is 64.1 Å². The topological polar surface area (TPSA) is 17.1 Å². The van der Waals surface area contributed by atoms with Gasteiger partial charge < -0.3 is 0 Å². The number of benzene rings is 2. The molecule has 0 fully saturated rings. The lowest BCUT2D eigenvalue weighted by molar-refractivity contribution is 0.588. The molecule has 0 aliphatic heterocycles. The third-order valence-electron chi connectivity index (χ3n) is 3.93. The molecular weight excluding hydrogens is 322 g/mol. The first-order valence-corrected chi connectivity index (χ1v) is 10.4. The van der Waals surface area contributed by atoms with Crippen molar-refractivity contribution in [1.82, 2.24) is 0 Å². The molecule has 0 aliphatic carbocycles. The number of hydrogen-bond donors (Lipinski definition) is 0. The molecule has 1 nitrogen and oxygen atoms in total. The van der Waals surface area contributed by atoms with E-state index in [2.05, 4.69) is 0 Å². The summed E-state index contributed by atoms with van der Waals surface area (Å²) in [6.07, 6.45) is 0. The van der Waals surface area contributed by atoms with Crippen molar-refractivity contribution in [2.24, 2.45) is 0 Å². The molecule has 2 rings (SSSR count). The first-order chi connectivity index (χ1) is 9.73. The smallest absolute Gasteiger partial charge is 0.264 e. The molecule has 0 saturated carbocycles. The van der Waals surface area contributed by atoms with Gasteiger partial charge >= 0.3 is 0 Å². The summed E-state index contributed by atoms with van der Waals surface area (Å²) in [6, 6.07) is 12.0. The molecule has 21 heavy (non-hydrogen) atoms. The first kappa shape index (κ1) is 16.6. The molecule has 4 heteroatoms. The SMILES string of the molecule is Cc1cccc(C)c1C(c1c(C)cccc1C)P(=O)(Cl)Cl. The Kier molecular flexibility index (Phi) is 4.88. The second kappa shape index (κ2) is 6.16. The third-order valence-corrected chi connectivity index (χ3v) is 6.22. The van der Waals surface area contributed by atoms with Crippen LogP contribution in [0.1, 0.15) is 39.0 Å². The predicted molar refractivity (Wildman–Crippen MR) is 93.0 cm³/mol. The highest BCUT2D eigenvalue weighted by Crippen LogP contribution is 2.71. The zero-order chi connectivity index (χ0) is 15.8. The summed E-state index contributed by atoms with van der Waals surface area (Å²) in [5.74, 6) is -3.38. The largest absolute Gasteiger partial charge is 0.288 e. The maximum Gasteiger partial charge on any atom is 0.264 e. The van der Waals surface area contributed by atoms with Crippen molar-refractivity contribution in [3.8, 4) is 0 Å². The lowest BCUT2D eigenvalue weighted by Crippen LogP contribution is -2.06. The van der Waals surface area contributed by atoms with Crippen LogP contribution in [0.4, 0.5) is 0 Å². The van der Waals surface area contributed by atoms with Crippen molar-refractivity contribution in [2.45, 2.75) is 33.4 Å². The van der Waals surface area contributed by atoms with Crippen LogP contribution in [-0.2, 0) is 4.57 Å². The fourth-order valence-corrected chi connectivity index (χ4v) is 5.55. The highest BCUT2D eigenvalue weighted by atomic mass is 35.9. The van der Waals surface area contributed by atoms with E-state index in [9.17, 15) is 4.57 Å². The lowest BCUT2D eigenvalue weighted by atomic mass is 9.91. The van der Waals surface area contributed by atoms with E-state index in [4.69, 9.17) is 22.5 Å². The van der Waals surface area contributed by atoms with E-state index in [1.165, 1.54) is 0 Å². The number of rotatable bonds is 3. The van der Waals surface area contributed by atoms with E-state index in [0.717, 1.165) is 33.4 Å². The highest BCUT2D eigenvalue weighted by molar-refractivity contribution is 8.08. The molecule has 0 aliphatic rings. The normalized spacial score (nSPS) is 12.0. The van der Waals surface area contributed by atoms with Crippen LogP contribution >= 0.6 is 28.3 Å². The van der Waals surface area contributed by atoms with Crippen molar-refractivity contribution < 1.29 is 4.57 Å². The Bertz CT molecular complexity index is 627. The second-order valence-electron chi connectivity index (χ2n) is 5.52. The van der Waals surface area contributed by atoms with Gasteiger partial charge in [-0.05, 0) is 83.6 Å². The van der Waals surface area contributed by atoms with Gasteiger partial charge in [0.25, 0.3) is 5.85 Å². The van der Waals surface area contributed by atoms with E-state index in [0.29, 0.717) is 0 Å². The molecule has 2 aromatic carbocycles. The summed E-state index contributed by atoms with van der Waals surface area (Å²) in [7, 11) is 0. The molecule has 0 spiro atoms. The van der Waals surface area contributed by atoms with Crippen LogP contribution in [0.3, 0.4) is 0 Å². The number of aryl methyl sites for hydroxylation is 4. The average Bonchev–Trinajstić information content (AvgIpc) is 2.35. The minimum atomic E-state index is -3.38. The summed E-state index contributed by atoms with van der Waals surface area (Å²) in [5, 5.41) is 0. The molecule has 0 atom stereocenters. The van der Waals surface area contributed by atoms with Crippen LogP contribution in [0.25, 0.3) is 0 Å². The predicted octanol–water partition coefficient (Wildman–Crippen LogP) is 6.68. The number of hydrogen-bond acceptors (Lipinski definition) is 1. The van der Waals surface area contributed by atoms with E-state index < -0.39 is 11.5 Å². The van der Waals surface area contributed by atoms with Gasteiger partial charge in [0.2, 0.25) is 0 Å². The quantitative estimate of drug-likeness (QED) is 0.569. The Labute approximate surface area is 136 Å². The van der Waals surface area contributed by atoms with Gasteiger partial charge in [-0.1, -0.05) is 36.4 Å². The molecule has 0 radical (unpaired) electrons. The highest BCUT2D eigenvalue weighted by Gasteiger charge is 2.35. The van der Waals surface area contributed by atoms with Gasteiger partial charge in [-0.25, -0.2) is 0 Å². The molecular formula is C17H19Cl2OP. The zero-order valence-electron chi connectivity index (χ0n) is 12.7. The molecule has 2 aromatic rings. The molecule has 112 valence electrons. The van der Waals surface area contributed by atoms with Gasteiger partial charge in [0.15, 0.2) is 0 Å². The molecule has 0 aromatic heterocycles. The molecule has 0 heterocycles. The summed E-state index contributed by atoms with van der Waals surface area (Å²) in [4.78, 5) is 0. The van der Waals surface area contributed by atoms with Crippen molar-refractivity contribution in [2.75, 3.05) is 0 Å². The van der Waals surface area contributed by atoms with Gasteiger partial charge in [-0.3, -0.25) is 4.57 Å². The van der Waals surface area contributed by atoms with Crippen molar-refractivity contribution in [3.05, 3.63) is 69.8 Å². The molecule has 0 N–H and O–H groups in total. The third kappa shape index (κ3) is 3.37. The fraction of sp³-hybridized carbons (Fsp3) is 0.294. The van der Waals surface area contributed by atoms with Crippen molar-refractivity contribution >= 4 is 28.3 Å². The summed E-state index contributed by atoms with van der Waals surface area (Å²) in [5.41, 5.74) is 5.71. The summed E-state index contributed by atoms with van der Waals surface area (Å²) < 4.78 is 12.7. The molecule has 0 bridgehead atoms. The minimum Gasteiger partial charge on any atom is -0.288 e. The number of halogens is 2. The fourth-order valence-electron chi connectivity index (χ4n) is 2.96. The van der Waals surface area contributed by atoms with E-state index in [1.54, 1.807) is 0 Å². The lowest BCUT2D eigenvalue weighted by Gasteiger charge is -2.26. The van der Waals surface area contributed by atoms with E-state index >= 15 is 0 Å². The van der Waals surface area contributed by atoms with Crippen LogP contribution in [0.5, 0.6) is 0 Å².